The van der Waals surface area contributed by atoms with Crippen molar-refractivity contribution in [1.82, 2.24) is 14.5 Å². The zero-order valence-corrected chi connectivity index (χ0v) is 27.8. The van der Waals surface area contributed by atoms with E-state index in [0.717, 1.165) is 43.9 Å². The Morgan fingerprint density at radius 1 is 0.400 bits per heavy atom. The first kappa shape index (κ1) is 28.6. The summed E-state index contributed by atoms with van der Waals surface area (Å²) in [5.41, 5.74) is 12.4. The monoisotopic (exact) mass is 655 g/mol. The van der Waals surface area contributed by atoms with Crippen LogP contribution in [0.1, 0.15) is 0 Å². The van der Waals surface area contributed by atoms with Gasteiger partial charge in [-0.3, -0.25) is 0 Å². The summed E-state index contributed by atoms with van der Waals surface area (Å²) in [4.78, 5) is 10.4. The molecule has 0 unspecified atom stereocenters. The molecular formula is C46H29N3S. The average molecular weight is 656 g/mol. The Morgan fingerprint density at radius 2 is 1.04 bits per heavy atom. The van der Waals surface area contributed by atoms with Crippen molar-refractivity contribution >= 4 is 53.4 Å². The van der Waals surface area contributed by atoms with E-state index in [1.54, 1.807) is 11.3 Å². The molecule has 3 aromatic heterocycles. The molecule has 0 saturated carbocycles. The molecule has 10 rings (SSSR count). The standard InChI is InChI=1S/C46H29N3S/c1-4-14-30(15-5-1)33-26-27-41-39(29-33)37-22-10-11-25-40(37)49(41)35-21-12-20-34(28-35)36-23-13-24-38-43-45(50-44(36)38)42(31-16-6-2-7-17-31)47-46(48-43)32-18-8-3-9-19-32/h1-29H. The van der Waals surface area contributed by atoms with Gasteiger partial charge in [0.2, 0.25) is 0 Å². The second-order valence-electron chi connectivity index (χ2n) is 12.6. The molecule has 234 valence electrons. The number of hydrogen-bond donors (Lipinski definition) is 0. The lowest BCUT2D eigenvalue weighted by Gasteiger charge is -2.11. The van der Waals surface area contributed by atoms with Gasteiger partial charge in [0.05, 0.1) is 26.9 Å². The Hall–Kier alpha value is -6.36. The number of rotatable bonds is 5. The number of nitrogens with zero attached hydrogens (tertiary/aromatic N) is 3. The first-order chi connectivity index (χ1) is 24.8. The lowest BCUT2D eigenvalue weighted by molar-refractivity contribution is 1.18. The van der Waals surface area contributed by atoms with E-state index in [9.17, 15) is 0 Å². The van der Waals surface area contributed by atoms with E-state index >= 15 is 0 Å². The molecule has 0 saturated heterocycles. The Balaban J connectivity index is 1.17. The van der Waals surface area contributed by atoms with Crippen molar-refractivity contribution in [3.63, 3.8) is 0 Å². The van der Waals surface area contributed by atoms with Gasteiger partial charge in [-0.1, -0.05) is 146 Å². The predicted molar refractivity (Wildman–Crippen MR) is 211 cm³/mol. The van der Waals surface area contributed by atoms with Gasteiger partial charge in [-0.15, -0.1) is 11.3 Å². The summed E-state index contributed by atoms with van der Waals surface area (Å²) in [6, 6.07) is 62.5. The van der Waals surface area contributed by atoms with E-state index in [1.807, 2.05) is 18.2 Å². The summed E-state index contributed by atoms with van der Waals surface area (Å²) in [5, 5.41) is 3.65. The Morgan fingerprint density at radius 3 is 1.84 bits per heavy atom. The molecule has 3 nitrogen and oxygen atoms in total. The first-order valence-electron chi connectivity index (χ1n) is 16.8. The van der Waals surface area contributed by atoms with E-state index in [-0.39, 0.29) is 0 Å². The van der Waals surface area contributed by atoms with Gasteiger partial charge >= 0.3 is 0 Å². The number of benzene rings is 7. The van der Waals surface area contributed by atoms with Crippen molar-refractivity contribution < 1.29 is 0 Å². The van der Waals surface area contributed by atoms with E-state index in [4.69, 9.17) is 9.97 Å². The highest BCUT2D eigenvalue weighted by molar-refractivity contribution is 7.26. The highest BCUT2D eigenvalue weighted by Crippen LogP contribution is 2.44. The number of hydrogen-bond acceptors (Lipinski definition) is 3. The molecule has 0 bridgehead atoms. The maximum Gasteiger partial charge on any atom is 0.160 e. The number of thiophene rings is 1. The fourth-order valence-electron chi connectivity index (χ4n) is 7.27. The van der Waals surface area contributed by atoms with Crippen LogP contribution in [0.5, 0.6) is 0 Å². The van der Waals surface area contributed by atoms with Crippen molar-refractivity contribution in [2.45, 2.75) is 0 Å². The van der Waals surface area contributed by atoms with Gasteiger partial charge in [0.1, 0.15) is 0 Å². The molecule has 0 N–H and O–H groups in total. The molecule has 0 spiro atoms. The van der Waals surface area contributed by atoms with Crippen LogP contribution in [0.3, 0.4) is 0 Å². The zero-order valence-electron chi connectivity index (χ0n) is 27.0. The van der Waals surface area contributed by atoms with Gasteiger partial charge in [-0.2, -0.15) is 0 Å². The van der Waals surface area contributed by atoms with Crippen molar-refractivity contribution in [2.24, 2.45) is 0 Å². The van der Waals surface area contributed by atoms with Crippen LogP contribution in [-0.4, -0.2) is 14.5 Å². The number of fused-ring (bicyclic) bond motifs is 6. The SMILES string of the molecule is c1ccc(-c2ccc3c(c2)c2ccccc2n3-c2cccc(-c3cccc4c3sc3c(-c5ccccc5)nc(-c5ccccc5)nc34)c2)cc1. The Labute approximate surface area is 293 Å². The maximum atomic E-state index is 5.21. The maximum absolute atomic E-state index is 5.21. The van der Waals surface area contributed by atoms with Crippen LogP contribution >= 0.6 is 11.3 Å². The molecule has 0 amide bonds. The van der Waals surface area contributed by atoms with Crippen molar-refractivity contribution in [1.29, 1.82) is 0 Å². The summed E-state index contributed by atoms with van der Waals surface area (Å²) >= 11 is 1.78. The van der Waals surface area contributed by atoms with E-state index < -0.39 is 0 Å². The highest BCUT2D eigenvalue weighted by atomic mass is 32.1. The minimum atomic E-state index is 0.742. The van der Waals surface area contributed by atoms with Crippen LogP contribution in [-0.2, 0) is 0 Å². The Kier molecular flexibility index (Phi) is 6.68. The van der Waals surface area contributed by atoms with Crippen molar-refractivity contribution in [3.05, 3.63) is 176 Å². The first-order valence-corrected chi connectivity index (χ1v) is 17.7. The minimum absolute atomic E-state index is 0.742. The minimum Gasteiger partial charge on any atom is -0.309 e. The van der Waals surface area contributed by atoms with Gasteiger partial charge in [0.25, 0.3) is 0 Å². The molecule has 0 aliphatic heterocycles. The fraction of sp³-hybridized carbons (Fsp3) is 0. The summed E-state index contributed by atoms with van der Waals surface area (Å²) in [5.74, 6) is 0.742. The van der Waals surface area contributed by atoms with E-state index in [0.29, 0.717) is 0 Å². The molecule has 3 heterocycles. The summed E-state index contributed by atoms with van der Waals surface area (Å²) in [6.07, 6.45) is 0. The molecule has 10 aromatic rings. The average Bonchev–Trinajstić information content (AvgIpc) is 3.74. The normalized spacial score (nSPS) is 11.6. The van der Waals surface area contributed by atoms with Crippen LogP contribution in [0.25, 0.3) is 92.7 Å². The molecule has 4 heteroatoms. The van der Waals surface area contributed by atoms with Gasteiger partial charge in [0, 0.05) is 37.7 Å². The van der Waals surface area contributed by atoms with Gasteiger partial charge in [0.15, 0.2) is 5.82 Å². The largest absolute Gasteiger partial charge is 0.309 e. The third kappa shape index (κ3) is 4.65. The van der Waals surface area contributed by atoms with Crippen LogP contribution in [0.2, 0.25) is 0 Å². The molecular weight excluding hydrogens is 627 g/mol. The molecule has 0 fully saturated rings. The third-order valence-corrected chi connectivity index (χ3v) is 10.8. The van der Waals surface area contributed by atoms with Crippen LogP contribution in [0.15, 0.2) is 176 Å². The molecule has 0 aliphatic rings. The predicted octanol–water partition coefficient (Wildman–Crippen LogP) is 12.6. The second-order valence-corrected chi connectivity index (χ2v) is 13.6. The molecule has 50 heavy (non-hydrogen) atoms. The second kappa shape index (κ2) is 11.7. The fourth-order valence-corrected chi connectivity index (χ4v) is 8.56. The van der Waals surface area contributed by atoms with Gasteiger partial charge < -0.3 is 4.57 Å². The molecule has 0 aliphatic carbocycles. The highest BCUT2D eigenvalue weighted by Gasteiger charge is 2.19. The topological polar surface area (TPSA) is 30.7 Å². The third-order valence-electron chi connectivity index (χ3n) is 9.61. The Bertz CT molecular complexity index is 2850. The molecule has 0 atom stereocenters. The zero-order chi connectivity index (χ0) is 33.0. The van der Waals surface area contributed by atoms with Gasteiger partial charge in [-0.05, 0) is 52.6 Å². The van der Waals surface area contributed by atoms with Crippen molar-refractivity contribution in [3.8, 4) is 50.6 Å². The van der Waals surface area contributed by atoms with Crippen LogP contribution in [0, 0.1) is 0 Å². The summed E-state index contributed by atoms with van der Waals surface area (Å²) in [7, 11) is 0. The van der Waals surface area contributed by atoms with Crippen LogP contribution in [0.4, 0.5) is 0 Å². The molecule has 0 radical (unpaired) electrons. The van der Waals surface area contributed by atoms with E-state index in [1.165, 1.54) is 48.8 Å². The quantitative estimate of drug-likeness (QED) is 0.185. The summed E-state index contributed by atoms with van der Waals surface area (Å²) in [6.45, 7) is 0. The number of aromatic nitrogens is 3. The lowest BCUT2D eigenvalue weighted by atomic mass is 10.0. The lowest BCUT2D eigenvalue weighted by Crippen LogP contribution is -1.94. The van der Waals surface area contributed by atoms with Gasteiger partial charge in [-0.25, -0.2) is 9.97 Å². The molecule has 7 aromatic carbocycles. The number of para-hydroxylation sites is 1. The van der Waals surface area contributed by atoms with Crippen molar-refractivity contribution in [2.75, 3.05) is 0 Å². The summed E-state index contributed by atoms with van der Waals surface area (Å²) < 4.78 is 4.72. The van der Waals surface area contributed by atoms with E-state index in [2.05, 4.69) is 162 Å². The smallest absolute Gasteiger partial charge is 0.160 e. The van der Waals surface area contributed by atoms with Crippen LogP contribution < -0.4 is 0 Å².